The molecule has 6 heteroatoms. The van der Waals surface area contributed by atoms with Crippen molar-refractivity contribution in [3.05, 3.63) is 29.8 Å². The number of benzene rings is 1. The van der Waals surface area contributed by atoms with Crippen molar-refractivity contribution in [2.24, 2.45) is 11.3 Å². The number of anilines is 1. The predicted octanol–water partition coefficient (Wildman–Crippen LogP) is 3.19. The minimum absolute atomic E-state index is 0.0235. The van der Waals surface area contributed by atoms with E-state index in [-0.39, 0.29) is 23.4 Å². The molecule has 0 radical (unpaired) electrons. The first-order valence-electron chi connectivity index (χ1n) is 7.74. The molecule has 23 heavy (non-hydrogen) atoms. The maximum Gasteiger partial charge on any atom is 0.227 e. The largest absolute Gasteiger partial charge is 0.342 e. The molecule has 0 spiro atoms. The summed E-state index contributed by atoms with van der Waals surface area (Å²) in [6, 6.07) is 3.05. The normalized spacial score (nSPS) is 16.3. The average molecular weight is 324 g/mol. The second-order valence-corrected chi connectivity index (χ2v) is 6.93. The van der Waals surface area contributed by atoms with Gasteiger partial charge in [-0.2, -0.15) is 0 Å². The summed E-state index contributed by atoms with van der Waals surface area (Å²) in [6.07, 6.45) is 1.08. The van der Waals surface area contributed by atoms with Gasteiger partial charge in [-0.15, -0.1) is 0 Å². The van der Waals surface area contributed by atoms with Crippen LogP contribution in [0.2, 0.25) is 0 Å². The summed E-state index contributed by atoms with van der Waals surface area (Å²) in [6.45, 7) is 6.63. The number of likely N-dealkylation sites (tertiary alicyclic amines) is 1. The van der Waals surface area contributed by atoms with E-state index in [2.05, 4.69) is 5.32 Å². The second-order valence-electron chi connectivity index (χ2n) is 6.93. The van der Waals surface area contributed by atoms with Crippen molar-refractivity contribution in [2.75, 3.05) is 18.4 Å². The fourth-order valence-corrected chi connectivity index (χ4v) is 2.64. The van der Waals surface area contributed by atoms with Gasteiger partial charge in [-0.25, -0.2) is 8.78 Å². The summed E-state index contributed by atoms with van der Waals surface area (Å²) >= 11 is 0. The Morgan fingerprint density at radius 1 is 1.17 bits per heavy atom. The SMILES string of the molecule is CC(C)(C)C(=O)N1CCC(C(=O)Nc2ccc(F)cc2F)CC1. The molecule has 2 amide bonds. The highest BCUT2D eigenvalue weighted by molar-refractivity contribution is 5.93. The summed E-state index contributed by atoms with van der Waals surface area (Å²) in [5, 5.41) is 2.50. The number of carbonyl (C=O) groups excluding carboxylic acids is 2. The molecule has 1 aliphatic heterocycles. The highest BCUT2D eigenvalue weighted by atomic mass is 19.1. The molecular formula is C17H22F2N2O2. The van der Waals surface area contributed by atoms with Crippen LogP contribution in [0, 0.1) is 23.0 Å². The van der Waals surface area contributed by atoms with E-state index in [1.807, 2.05) is 20.8 Å². The fourth-order valence-electron chi connectivity index (χ4n) is 2.64. The van der Waals surface area contributed by atoms with Crippen molar-refractivity contribution >= 4 is 17.5 Å². The van der Waals surface area contributed by atoms with Crippen LogP contribution in [0.4, 0.5) is 14.5 Å². The molecule has 4 nitrogen and oxygen atoms in total. The quantitative estimate of drug-likeness (QED) is 0.908. The highest BCUT2D eigenvalue weighted by Gasteiger charge is 2.32. The monoisotopic (exact) mass is 324 g/mol. The van der Waals surface area contributed by atoms with E-state index in [0.29, 0.717) is 25.9 Å². The molecule has 1 aliphatic rings. The van der Waals surface area contributed by atoms with Crippen LogP contribution in [0.15, 0.2) is 18.2 Å². The Morgan fingerprint density at radius 3 is 2.30 bits per heavy atom. The first-order valence-corrected chi connectivity index (χ1v) is 7.74. The zero-order valence-corrected chi connectivity index (χ0v) is 13.7. The number of amides is 2. The number of nitrogens with one attached hydrogen (secondary N) is 1. The van der Waals surface area contributed by atoms with Gasteiger partial charge in [0.2, 0.25) is 11.8 Å². The summed E-state index contributed by atoms with van der Waals surface area (Å²) in [5.74, 6) is -1.98. The van der Waals surface area contributed by atoms with E-state index in [1.165, 1.54) is 6.07 Å². The lowest BCUT2D eigenvalue weighted by atomic mass is 9.90. The van der Waals surface area contributed by atoms with Crippen LogP contribution in [0.3, 0.4) is 0 Å². The lowest BCUT2D eigenvalue weighted by molar-refractivity contribution is -0.142. The Kier molecular flexibility index (Phi) is 5.02. The smallest absolute Gasteiger partial charge is 0.227 e. The second kappa shape index (κ2) is 6.64. The minimum Gasteiger partial charge on any atom is -0.342 e. The lowest BCUT2D eigenvalue weighted by Crippen LogP contribution is -2.45. The van der Waals surface area contributed by atoms with Crippen molar-refractivity contribution in [2.45, 2.75) is 33.6 Å². The Balaban J connectivity index is 1.92. The van der Waals surface area contributed by atoms with Crippen LogP contribution in [0.5, 0.6) is 0 Å². The number of carbonyl (C=O) groups is 2. The van der Waals surface area contributed by atoms with Gasteiger partial charge in [-0.1, -0.05) is 20.8 Å². The molecule has 126 valence electrons. The third-order valence-corrected chi connectivity index (χ3v) is 3.98. The summed E-state index contributed by atoms with van der Waals surface area (Å²) in [5.41, 5.74) is -0.462. The van der Waals surface area contributed by atoms with Crippen LogP contribution in [-0.4, -0.2) is 29.8 Å². The van der Waals surface area contributed by atoms with Gasteiger partial charge in [0, 0.05) is 30.5 Å². The molecular weight excluding hydrogens is 302 g/mol. The van der Waals surface area contributed by atoms with Crippen LogP contribution in [0.25, 0.3) is 0 Å². The summed E-state index contributed by atoms with van der Waals surface area (Å²) in [7, 11) is 0. The number of hydrogen-bond acceptors (Lipinski definition) is 2. The Bertz CT molecular complexity index is 603. The van der Waals surface area contributed by atoms with Gasteiger partial charge in [-0.05, 0) is 25.0 Å². The van der Waals surface area contributed by atoms with E-state index in [1.54, 1.807) is 4.90 Å². The Labute approximate surface area is 134 Å². The van der Waals surface area contributed by atoms with Gasteiger partial charge >= 0.3 is 0 Å². The highest BCUT2D eigenvalue weighted by Crippen LogP contribution is 2.25. The summed E-state index contributed by atoms with van der Waals surface area (Å²) < 4.78 is 26.4. The number of hydrogen-bond donors (Lipinski definition) is 1. The molecule has 0 saturated carbocycles. The molecule has 0 bridgehead atoms. The van der Waals surface area contributed by atoms with E-state index in [4.69, 9.17) is 0 Å². The van der Waals surface area contributed by atoms with E-state index in [9.17, 15) is 18.4 Å². The first-order chi connectivity index (χ1) is 10.7. The number of piperidine rings is 1. The van der Waals surface area contributed by atoms with Crippen molar-refractivity contribution in [1.82, 2.24) is 4.90 Å². The average Bonchev–Trinajstić information content (AvgIpc) is 2.48. The van der Waals surface area contributed by atoms with Gasteiger partial charge in [-0.3, -0.25) is 9.59 Å². The molecule has 0 unspecified atom stereocenters. The molecule has 0 aromatic heterocycles. The van der Waals surface area contributed by atoms with Gasteiger partial charge in [0.15, 0.2) is 0 Å². The molecule has 1 aromatic carbocycles. The third-order valence-electron chi connectivity index (χ3n) is 3.98. The topological polar surface area (TPSA) is 49.4 Å². The molecule has 2 rings (SSSR count). The predicted molar refractivity (Wildman–Crippen MR) is 83.7 cm³/mol. The maximum absolute atomic E-state index is 13.6. The van der Waals surface area contributed by atoms with Gasteiger partial charge in [0.1, 0.15) is 11.6 Å². The van der Waals surface area contributed by atoms with E-state index < -0.39 is 17.0 Å². The molecule has 0 aliphatic carbocycles. The Hall–Kier alpha value is -1.98. The van der Waals surface area contributed by atoms with Crippen LogP contribution < -0.4 is 5.32 Å². The minimum atomic E-state index is -0.793. The lowest BCUT2D eigenvalue weighted by Gasteiger charge is -2.35. The molecule has 1 N–H and O–H groups in total. The molecule has 1 heterocycles. The molecule has 1 saturated heterocycles. The first kappa shape index (κ1) is 17.4. The molecule has 0 atom stereocenters. The van der Waals surface area contributed by atoms with Crippen molar-refractivity contribution < 1.29 is 18.4 Å². The van der Waals surface area contributed by atoms with Crippen LogP contribution in [0.1, 0.15) is 33.6 Å². The van der Waals surface area contributed by atoms with Crippen LogP contribution >= 0.6 is 0 Å². The molecule has 1 aromatic rings. The van der Waals surface area contributed by atoms with Crippen molar-refractivity contribution in [3.8, 4) is 0 Å². The van der Waals surface area contributed by atoms with E-state index >= 15 is 0 Å². The van der Waals surface area contributed by atoms with Crippen molar-refractivity contribution in [3.63, 3.8) is 0 Å². The maximum atomic E-state index is 13.6. The number of halogens is 2. The number of rotatable bonds is 2. The number of nitrogens with zero attached hydrogens (tertiary/aromatic N) is 1. The fraction of sp³-hybridized carbons (Fsp3) is 0.529. The van der Waals surface area contributed by atoms with Gasteiger partial charge in [0.05, 0.1) is 5.69 Å². The third kappa shape index (κ3) is 4.27. The summed E-state index contributed by atoms with van der Waals surface area (Å²) in [4.78, 5) is 26.2. The Morgan fingerprint density at radius 2 is 1.78 bits per heavy atom. The zero-order valence-electron chi connectivity index (χ0n) is 13.7. The van der Waals surface area contributed by atoms with Gasteiger partial charge < -0.3 is 10.2 Å². The van der Waals surface area contributed by atoms with Crippen molar-refractivity contribution in [1.29, 1.82) is 0 Å². The van der Waals surface area contributed by atoms with E-state index in [0.717, 1.165) is 12.1 Å². The standard InChI is InChI=1S/C17H22F2N2O2/c1-17(2,3)16(23)21-8-6-11(7-9-21)15(22)20-14-5-4-12(18)10-13(14)19/h4-5,10-11H,6-9H2,1-3H3,(H,20,22). The molecule has 1 fully saturated rings. The van der Waals surface area contributed by atoms with Gasteiger partial charge in [0.25, 0.3) is 0 Å². The van der Waals surface area contributed by atoms with Crippen LogP contribution in [-0.2, 0) is 9.59 Å². The zero-order chi connectivity index (χ0) is 17.2.